The Morgan fingerprint density at radius 3 is 0.794 bits per heavy atom. The van der Waals surface area contributed by atoms with Crippen LogP contribution in [0.5, 0.6) is 0 Å². The fourth-order valence-electron chi connectivity index (χ4n) is 19.5. The highest BCUT2D eigenvalue weighted by Gasteiger charge is 2.71. The molecule has 10 atom stereocenters. The van der Waals surface area contributed by atoms with Crippen molar-refractivity contribution < 1.29 is 52.8 Å². The number of Topliss-reactive ketones (excluding diaryl/α,β-unsaturated/α-hetero) is 4. The summed E-state index contributed by atoms with van der Waals surface area (Å²) >= 11 is 0. The predicted octanol–water partition coefficient (Wildman–Crippen LogP) is 13.7. The molecular formula is C77H116N4O12S4. The lowest BCUT2D eigenvalue weighted by molar-refractivity contribution is -0.125. The van der Waals surface area contributed by atoms with E-state index in [1.54, 1.807) is 13.8 Å². The highest BCUT2D eigenvalue weighted by molar-refractivity contribution is 7.90. The number of fused-ring (bicyclic) bond motifs is 8. The second kappa shape index (κ2) is 28.9. The molecule has 2 aromatic carbocycles. The molecule has 8 bridgehead atoms. The molecule has 0 spiro atoms. The van der Waals surface area contributed by atoms with E-state index in [2.05, 4.69) is 74.3 Å². The van der Waals surface area contributed by atoms with Crippen molar-refractivity contribution in [3.8, 4) is 0 Å². The van der Waals surface area contributed by atoms with Crippen LogP contribution in [0.1, 0.15) is 229 Å². The molecule has 20 heteroatoms. The Labute approximate surface area is 583 Å². The van der Waals surface area contributed by atoms with Gasteiger partial charge in [-0.1, -0.05) is 191 Å². The van der Waals surface area contributed by atoms with Crippen molar-refractivity contribution in [3.63, 3.8) is 0 Å². The first-order chi connectivity index (χ1) is 44.8. The first-order valence-electron chi connectivity index (χ1n) is 36.0. The second-order valence-electron chi connectivity index (χ2n) is 32.2. The maximum Gasteiger partial charge on any atom is 0.212 e. The van der Waals surface area contributed by atoms with Crippen LogP contribution < -0.4 is 18.9 Å². The molecule has 8 saturated carbocycles. The molecule has 4 N–H and O–H groups in total. The van der Waals surface area contributed by atoms with Crippen LogP contribution in [0.15, 0.2) is 70.8 Å². The van der Waals surface area contributed by atoms with Crippen LogP contribution in [0.2, 0.25) is 0 Å². The SMILES string of the molecule is C.CCCCC(CC)CNS(=O)(=O)CC12CCC(/C(=C\c3ccc(/C=C4/C(=O)C5(CS(=O)(=O)NCC(CC)CCCC)CCC4C5(C)C)cc3)C1=O)C2(C)C.CCNS(=O)(=O)CC12CCC(/C(=C\c3ccc(/C=C4/C(=O)C5(CS(=O)(=O)NCC)CCC4C5(C)C)cc3)C1=O)C2(C)C. The summed E-state index contributed by atoms with van der Waals surface area (Å²) in [4.78, 5) is 55.9. The molecule has 8 aliphatic carbocycles. The largest absolute Gasteiger partial charge is 0.294 e. The highest BCUT2D eigenvalue weighted by Crippen LogP contribution is 2.70. The minimum atomic E-state index is -3.67. The number of hydrogen-bond acceptors (Lipinski definition) is 12. The summed E-state index contributed by atoms with van der Waals surface area (Å²) in [6.45, 7) is 29.7. The molecule has 540 valence electrons. The summed E-state index contributed by atoms with van der Waals surface area (Å²) in [5.74, 6) is -0.437. The van der Waals surface area contributed by atoms with Gasteiger partial charge in [0.05, 0.1) is 44.7 Å². The number of hydrogen-bond donors (Lipinski definition) is 4. The lowest BCUT2D eigenvalue weighted by Crippen LogP contribution is -2.46. The lowest BCUT2D eigenvalue weighted by atomic mass is 9.70. The van der Waals surface area contributed by atoms with Crippen molar-refractivity contribution in [1.82, 2.24) is 18.9 Å². The molecular weight excluding hydrogens is 1300 g/mol. The van der Waals surface area contributed by atoms with Gasteiger partial charge in [0, 0.05) is 48.5 Å². The van der Waals surface area contributed by atoms with Crippen molar-refractivity contribution in [2.75, 3.05) is 49.2 Å². The summed E-state index contributed by atoms with van der Waals surface area (Å²) in [6, 6.07) is 15.5. The zero-order valence-electron chi connectivity index (χ0n) is 59.9. The molecule has 0 heterocycles. The third-order valence-electron chi connectivity index (χ3n) is 26.1. The molecule has 8 aliphatic rings. The van der Waals surface area contributed by atoms with E-state index in [-0.39, 0.29) is 77.2 Å². The zero-order chi connectivity index (χ0) is 70.7. The second-order valence-corrected chi connectivity index (χ2v) is 39.4. The van der Waals surface area contributed by atoms with Crippen LogP contribution in [0.3, 0.4) is 0 Å². The smallest absolute Gasteiger partial charge is 0.212 e. The standard InChI is InChI=1S/C44H68N2O6S2.C32H44N2O6S2.CH4/c1-9-13-15-31(11-3)27-45-53(49,50)29-43-23-21-37(41(43,5)6)35(39(43)47)25-33-17-19-34(20-18-33)26-36-38-22-24-44(40(36)48,42(38,7)8)30-54(51,52)46-28-32(12-4)16-14-10-2;1-7-33-41(37,38)19-31-15-13-25(29(31,3)4)23(27(31)35)17-21-9-11-22(12-10-21)18-24-26-14-16-32(28(24)36,30(26,5)6)20-42(39,40)34-8-2;/h17-20,25-26,31-32,37-38,45-46H,9-16,21-24,27-30H2,1-8H3;9-12,17-18,25-26,33-34H,7-8,13-16,19-20H2,1-6H3;1H4/b35-25+,36-26+;23-17+,24-18+;. The quantitative estimate of drug-likeness (QED) is 0.0533. The van der Waals surface area contributed by atoms with E-state index in [9.17, 15) is 52.8 Å². The van der Waals surface area contributed by atoms with Crippen molar-refractivity contribution in [3.05, 3.63) is 93.1 Å². The van der Waals surface area contributed by atoms with Crippen molar-refractivity contribution >= 4 is 87.5 Å². The summed E-state index contributed by atoms with van der Waals surface area (Å²) < 4.78 is 116. The van der Waals surface area contributed by atoms with Crippen molar-refractivity contribution in [1.29, 1.82) is 0 Å². The van der Waals surface area contributed by atoms with Crippen LogP contribution in [0.4, 0.5) is 0 Å². The minimum Gasteiger partial charge on any atom is -0.294 e. The Morgan fingerprint density at radius 1 is 0.381 bits per heavy atom. The fourth-order valence-corrected chi connectivity index (χ4v) is 27.0. The molecule has 0 aromatic heterocycles. The van der Waals surface area contributed by atoms with E-state index in [0.29, 0.717) is 86.0 Å². The van der Waals surface area contributed by atoms with Gasteiger partial charge in [-0.15, -0.1) is 0 Å². The van der Waals surface area contributed by atoms with Gasteiger partial charge in [0.15, 0.2) is 23.1 Å². The molecule has 2 aromatic rings. The molecule has 0 saturated heterocycles. The third kappa shape index (κ3) is 14.2. The first kappa shape index (κ1) is 78.4. The van der Waals surface area contributed by atoms with Crippen molar-refractivity contribution in [2.24, 2.45) is 78.8 Å². The van der Waals surface area contributed by atoms with E-state index < -0.39 is 83.4 Å². The Hall–Kier alpha value is -4.28. The van der Waals surface area contributed by atoms with Gasteiger partial charge in [0.25, 0.3) is 0 Å². The Kier molecular flexibility index (Phi) is 23.3. The van der Waals surface area contributed by atoms with E-state index in [4.69, 9.17) is 0 Å². The zero-order valence-corrected chi connectivity index (χ0v) is 63.2. The average Bonchev–Trinajstić information content (AvgIpc) is 1.56. The van der Waals surface area contributed by atoms with E-state index in [1.165, 1.54) is 0 Å². The van der Waals surface area contributed by atoms with E-state index in [1.807, 2.05) is 101 Å². The average molecular weight is 1420 g/mol. The summed E-state index contributed by atoms with van der Waals surface area (Å²) in [7, 11) is -14.5. The number of carbonyl (C=O) groups excluding carboxylic acids is 4. The topological polar surface area (TPSA) is 253 Å². The predicted molar refractivity (Wildman–Crippen MR) is 392 cm³/mol. The molecule has 8 fully saturated rings. The summed E-state index contributed by atoms with van der Waals surface area (Å²) in [6.07, 6.45) is 21.2. The lowest BCUT2D eigenvalue weighted by Gasteiger charge is -2.35. The molecule has 97 heavy (non-hydrogen) atoms. The monoisotopic (exact) mass is 1420 g/mol. The first-order valence-corrected chi connectivity index (χ1v) is 42.6. The van der Waals surface area contributed by atoms with Crippen LogP contribution in [0, 0.1) is 78.8 Å². The van der Waals surface area contributed by atoms with Gasteiger partial charge in [0.1, 0.15) is 0 Å². The van der Waals surface area contributed by atoms with Crippen LogP contribution in [-0.4, -0.2) is 106 Å². The van der Waals surface area contributed by atoms with Crippen LogP contribution in [-0.2, 0) is 59.3 Å². The number of allylic oxidation sites excluding steroid dienone is 4. The molecule has 10 rings (SSSR count). The van der Waals surface area contributed by atoms with Gasteiger partial charge >= 0.3 is 0 Å². The summed E-state index contributed by atoms with van der Waals surface area (Å²) in [5.41, 5.74) is 0.554. The van der Waals surface area contributed by atoms with Crippen LogP contribution in [0.25, 0.3) is 24.3 Å². The van der Waals surface area contributed by atoms with Gasteiger partial charge in [-0.05, 0) is 168 Å². The van der Waals surface area contributed by atoms with E-state index >= 15 is 0 Å². The third-order valence-corrected chi connectivity index (χ3v) is 32.2. The normalized spacial score (nSPS) is 31.1. The van der Waals surface area contributed by atoms with Gasteiger partial charge in [0.2, 0.25) is 40.1 Å². The number of benzene rings is 2. The van der Waals surface area contributed by atoms with E-state index in [0.717, 1.165) is 99.3 Å². The number of ketones is 4. The van der Waals surface area contributed by atoms with Crippen molar-refractivity contribution in [2.45, 2.75) is 207 Å². The molecule has 0 aliphatic heterocycles. The Bertz CT molecular complexity index is 3670. The highest BCUT2D eigenvalue weighted by atomic mass is 32.2. The van der Waals surface area contributed by atoms with Crippen LogP contribution >= 0.6 is 0 Å². The molecule has 16 nitrogen and oxygen atoms in total. The Morgan fingerprint density at radius 2 is 0.598 bits per heavy atom. The molecule has 10 unspecified atom stereocenters. The summed E-state index contributed by atoms with van der Waals surface area (Å²) in [5, 5.41) is 0. The van der Waals surface area contributed by atoms with Gasteiger partial charge in [-0.2, -0.15) is 0 Å². The fraction of sp³-hybridized carbons (Fsp3) is 0.688. The molecule has 0 radical (unpaired) electrons. The number of rotatable bonds is 30. The number of nitrogens with one attached hydrogen (secondary N) is 4. The number of unbranched alkanes of at least 4 members (excludes halogenated alkanes) is 2. The number of carbonyl (C=O) groups is 4. The Balaban J connectivity index is 0.000000253. The maximum absolute atomic E-state index is 14.2. The minimum absolute atomic E-state index is 0. The van der Waals surface area contributed by atoms with Gasteiger partial charge < -0.3 is 0 Å². The number of sulfonamides is 4. The maximum atomic E-state index is 14.2. The van der Waals surface area contributed by atoms with Gasteiger partial charge in [-0.3, -0.25) is 19.2 Å². The molecule has 0 amide bonds. The van der Waals surface area contributed by atoms with Gasteiger partial charge in [-0.25, -0.2) is 52.6 Å².